The molecule has 1 aliphatic heterocycles. The molecule has 7 heteroatoms. The van der Waals surface area contributed by atoms with Gasteiger partial charge in [-0.25, -0.2) is 4.98 Å². The fourth-order valence-electron chi connectivity index (χ4n) is 2.27. The molecule has 0 aliphatic carbocycles. The van der Waals surface area contributed by atoms with E-state index in [0.717, 1.165) is 17.1 Å². The minimum absolute atomic E-state index is 0.0676. The summed E-state index contributed by atoms with van der Waals surface area (Å²) in [6, 6.07) is 4.66. The van der Waals surface area contributed by atoms with Crippen LogP contribution in [0.25, 0.3) is 0 Å². The summed E-state index contributed by atoms with van der Waals surface area (Å²) in [6.45, 7) is 3.80. The van der Waals surface area contributed by atoms with Gasteiger partial charge >= 0.3 is 0 Å². The zero-order chi connectivity index (χ0) is 14.1. The van der Waals surface area contributed by atoms with Crippen LogP contribution in [0.3, 0.4) is 0 Å². The van der Waals surface area contributed by atoms with Crippen molar-refractivity contribution in [2.45, 2.75) is 13.5 Å². The third-order valence-electron chi connectivity index (χ3n) is 3.39. The molecular weight excluding hydrogens is 260 g/mol. The van der Waals surface area contributed by atoms with E-state index in [4.69, 9.17) is 4.74 Å². The summed E-state index contributed by atoms with van der Waals surface area (Å²) in [5.74, 6) is 0.676. The number of anilines is 1. The normalized spacial score (nSPS) is 13.8. The van der Waals surface area contributed by atoms with Crippen LogP contribution in [0.1, 0.15) is 11.4 Å². The molecule has 1 aromatic carbocycles. The van der Waals surface area contributed by atoms with E-state index >= 15 is 0 Å². The molecule has 0 saturated heterocycles. The molecule has 2 aromatic rings. The molecule has 2 heterocycles. The number of aromatic nitrogens is 2. The molecule has 3 rings (SSSR count). The Hall–Kier alpha value is -2.57. The quantitative estimate of drug-likeness (QED) is 0.683. The number of aromatic amines is 1. The lowest BCUT2D eigenvalue weighted by molar-refractivity contribution is -0.384. The van der Waals surface area contributed by atoms with Crippen LogP contribution in [0, 0.1) is 17.0 Å². The van der Waals surface area contributed by atoms with Gasteiger partial charge in [0.1, 0.15) is 12.4 Å². The smallest absolute Gasteiger partial charge is 0.271 e. The second-order valence-corrected chi connectivity index (χ2v) is 4.65. The summed E-state index contributed by atoms with van der Waals surface area (Å²) in [4.78, 5) is 19.9. The molecule has 1 aliphatic rings. The number of hydrogen-bond donors (Lipinski definition) is 1. The molecule has 0 radical (unpaired) electrons. The Bertz CT molecular complexity index is 653. The summed E-state index contributed by atoms with van der Waals surface area (Å²) in [7, 11) is 0. The van der Waals surface area contributed by atoms with Gasteiger partial charge < -0.3 is 14.6 Å². The number of nitrogens with one attached hydrogen (secondary N) is 1. The molecule has 104 valence electrons. The molecule has 1 aromatic heterocycles. The van der Waals surface area contributed by atoms with Gasteiger partial charge in [-0.1, -0.05) is 0 Å². The van der Waals surface area contributed by atoms with Crippen molar-refractivity contribution in [3.63, 3.8) is 0 Å². The van der Waals surface area contributed by atoms with E-state index in [2.05, 4.69) is 14.9 Å². The van der Waals surface area contributed by atoms with Crippen LogP contribution in [0.4, 0.5) is 11.4 Å². The topological polar surface area (TPSA) is 84.3 Å². The monoisotopic (exact) mass is 274 g/mol. The van der Waals surface area contributed by atoms with E-state index < -0.39 is 4.92 Å². The van der Waals surface area contributed by atoms with Crippen molar-refractivity contribution in [2.24, 2.45) is 0 Å². The largest absolute Gasteiger partial charge is 0.490 e. The number of imidazole rings is 1. The highest BCUT2D eigenvalue weighted by atomic mass is 16.6. The van der Waals surface area contributed by atoms with Gasteiger partial charge in [0.05, 0.1) is 35.7 Å². The van der Waals surface area contributed by atoms with Crippen LogP contribution >= 0.6 is 0 Å². The van der Waals surface area contributed by atoms with E-state index in [1.165, 1.54) is 6.07 Å². The van der Waals surface area contributed by atoms with Crippen molar-refractivity contribution in [1.82, 2.24) is 9.97 Å². The zero-order valence-electron chi connectivity index (χ0n) is 11.0. The molecule has 0 atom stereocenters. The minimum atomic E-state index is -0.396. The first-order valence-electron chi connectivity index (χ1n) is 6.30. The summed E-state index contributed by atoms with van der Waals surface area (Å²) in [5, 5.41) is 10.9. The van der Waals surface area contributed by atoms with Crippen LogP contribution in [0.2, 0.25) is 0 Å². The van der Waals surface area contributed by atoms with E-state index in [1.807, 2.05) is 6.92 Å². The van der Waals surface area contributed by atoms with Gasteiger partial charge in [0.25, 0.3) is 5.69 Å². The average Bonchev–Trinajstić information content (AvgIpc) is 2.84. The lowest BCUT2D eigenvalue weighted by Gasteiger charge is -2.30. The van der Waals surface area contributed by atoms with Crippen LogP contribution in [0.5, 0.6) is 5.75 Å². The molecule has 0 unspecified atom stereocenters. The maximum atomic E-state index is 10.9. The molecule has 20 heavy (non-hydrogen) atoms. The van der Waals surface area contributed by atoms with E-state index in [0.29, 0.717) is 25.4 Å². The molecule has 0 fully saturated rings. The van der Waals surface area contributed by atoms with Crippen LogP contribution < -0.4 is 9.64 Å². The number of non-ortho nitro benzene ring substituents is 1. The lowest BCUT2D eigenvalue weighted by atomic mass is 10.2. The van der Waals surface area contributed by atoms with Gasteiger partial charge in [-0.15, -0.1) is 0 Å². The first-order chi connectivity index (χ1) is 9.65. The number of nitro groups is 1. The maximum Gasteiger partial charge on any atom is 0.271 e. The lowest BCUT2D eigenvalue weighted by Crippen LogP contribution is -2.32. The molecule has 7 nitrogen and oxygen atoms in total. The number of rotatable bonds is 3. The Kier molecular flexibility index (Phi) is 3.02. The molecule has 0 bridgehead atoms. The third-order valence-corrected chi connectivity index (χ3v) is 3.39. The fourth-order valence-corrected chi connectivity index (χ4v) is 2.27. The van der Waals surface area contributed by atoms with Crippen LogP contribution in [-0.2, 0) is 6.54 Å². The van der Waals surface area contributed by atoms with Crippen molar-refractivity contribution in [2.75, 3.05) is 18.1 Å². The maximum absolute atomic E-state index is 10.9. The Labute approximate surface area is 115 Å². The van der Waals surface area contributed by atoms with Crippen LogP contribution in [0.15, 0.2) is 24.5 Å². The number of ether oxygens (including phenoxy) is 1. The number of fused-ring (bicyclic) bond motifs is 1. The molecule has 1 N–H and O–H groups in total. The van der Waals surface area contributed by atoms with E-state index in [-0.39, 0.29) is 5.69 Å². The standard InChI is InChI=1S/C13H14N4O3/c1-9-11(15-8-14-9)7-16-4-5-20-13-3-2-10(17(18)19)6-12(13)16/h2-3,6,8H,4-5,7H2,1H3,(H,14,15). The zero-order valence-corrected chi connectivity index (χ0v) is 11.0. The molecule has 0 spiro atoms. The molecule has 0 saturated carbocycles. The van der Waals surface area contributed by atoms with Crippen molar-refractivity contribution in [3.8, 4) is 5.75 Å². The molecule has 0 amide bonds. The number of H-pyrrole nitrogens is 1. The van der Waals surface area contributed by atoms with Gasteiger partial charge in [-0.2, -0.15) is 0 Å². The Morgan fingerprint density at radius 2 is 2.40 bits per heavy atom. The van der Waals surface area contributed by atoms with Gasteiger partial charge in [0, 0.05) is 17.8 Å². The number of hydrogen-bond acceptors (Lipinski definition) is 5. The average molecular weight is 274 g/mol. The van der Waals surface area contributed by atoms with Crippen molar-refractivity contribution in [1.29, 1.82) is 0 Å². The number of aryl methyl sites for hydroxylation is 1. The summed E-state index contributed by atoms with van der Waals surface area (Å²) < 4.78 is 5.55. The predicted octanol–water partition coefficient (Wildman–Crippen LogP) is 2.03. The number of nitrogens with zero attached hydrogens (tertiary/aromatic N) is 3. The number of nitro benzene ring substituents is 1. The highest BCUT2D eigenvalue weighted by molar-refractivity contribution is 5.64. The highest BCUT2D eigenvalue weighted by Gasteiger charge is 2.22. The Morgan fingerprint density at radius 3 is 3.10 bits per heavy atom. The molecular formula is C13H14N4O3. The number of benzene rings is 1. The second kappa shape index (κ2) is 4.84. The minimum Gasteiger partial charge on any atom is -0.490 e. The van der Waals surface area contributed by atoms with Crippen molar-refractivity contribution < 1.29 is 9.66 Å². The predicted molar refractivity (Wildman–Crippen MR) is 73.0 cm³/mol. The first kappa shape index (κ1) is 12.5. The third kappa shape index (κ3) is 2.18. The SMILES string of the molecule is Cc1[nH]cnc1CN1CCOc2ccc([N+](=O)[O-])cc21. The van der Waals surface area contributed by atoms with E-state index in [1.54, 1.807) is 18.5 Å². The first-order valence-corrected chi connectivity index (χ1v) is 6.30. The van der Waals surface area contributed by atoms with Crippen molar-refractivity contribution in [3.05, 3.63) is 46.0 Å². The van der Waals surface area contributed by atoms with Gasteiger partial charge in [0.2, 0.25) is 0 Å². The van der Waals surface area contributed by atoms with E-state index in [9.17, 15) is 10.1 Å². The summed E-state index contributed by atoms with van der Waals surface area (Å²) in [6.07, 6.45) is 1.65. The van der Waals surface area contributed by atoms with Crippen molar-refractivity contribution >= 4 is 11.4 Å². The Balaban J connectivity index is 1.94. The van der Waals surface area contributed by atoms with Gasteiger partial charge in [0.15, 0.2) is 0 Å². The summed E-state index contributed by atoms with van der Waals surface area (Å²) in [5.41, 5.74) is 2.75. The van der Waals surface area contributed by atoms with Gasteiger partial charge in [-0.05, 0) is 13.0 Å². The second-order valence-electron chi connectivity index (χ2n) is 4.65. The Morgan fingerprint density at radius 1 is 1.55 bits per heavy atom. The fraction of sp³-hybridized carbons (Fsp3) is 0.308. The van der Waals surface area contributed by atoms with Gasteiger partial charge in [-0.3, -0.25) is 10.1 Å². The highest BCUT2D eigenvalue weighted by Crippen LogP contribution is 2.35. The summed E-state index contributed by atoms with van der Waals surface area (Å²) >= 11 is 0. The van der Waals surface area contributed by atoms with Crippen LogP contribution in [-0.4, -0.2) is 28.0 Å².